The van der Waals surface area contributed by atoms with E-state index < -0.39 is 31.7 Å². The van der Waals surface area contributed by atoms with Gasteiger partial charge in [0.1, 0.15) is 0 Å². The predicted octanol–water partition coefficient (Wildman–Crippen LogP) is 6.27. The molecule has 3 aromatic carbocycles. The summed E-state index contributed by atoms with van der Waals surface area (Å²) in [5.41, 5.74) is 0. The molecule has 0 aliphatic rings. The number of ether oxygens (including phenoxy) is 1. The minimum absolute atomic E-state index is 0.305. The molecule has 0 amide bonds. The summed E-state index contributed by atoms with van der Waals surface area (Å²) >= 11 is 2.00. The number of benzene rings is 3. The summed E-state index contributed by atoms with van der Waals surface area (Å²) in [5, 5.41) is -4.84. The lowest BCUT2D eigenvalue weighted by atomic mass is 10.4. The first-order valence-corrected chi connectivity index (χ1v) is 14.4. The maximum atomic E-state index is 15.0. The first-order valence-electron chi connectivity index (χ1n) is 9.84. The molecule has 0 aliphatic heterocycles. The molecule has 0 fully saturated rings. The number of rotatable bonds is 10. The Labute approximate surface area is 206 Å². The van der Waals surface area contributed by atoms with E-state index in [1.54, 1.807) is 91.0 Å². The van der Waals surface area contributed by atoms with Crippen molar-refractivity contribution >= 4 is 49.0 Å². The molecule has 0 radical (unpaired) electrons. The van der Waals surface area contributed by atoms with Crippen molar-refractivity contribution in [2.75, 3.05) is 11.0 Å². The second kappa shape index (κ2) is 10.9. The van der Waals surface area contributed by atoms with Crippen LogP contribution < -0.4 is 0 Å². The van der Waals surface area contributed by atoms with Crippen LogP contribution in [0.15, 0.2) is 106 Å². The maximum absolute atomic E-state index is 15.0. The molecular formula is C23H22F2IO5S2+. The fraction of sp³-hybridized carbons (Fsp3) is 0.174. The molecule has 0 saturated heterocycles. The van der Waals surface area contributed by atoms with Crippen molar-refractivity contribution < 1.29 is 30.4 Å². The van der Waals surface area contributed by atoms with E-state index in [1.165, 1.54) is 0 Å². The minimum Gasteiger partial charge on any atom is -0.460 e. The molecule has 176 valence electrons. The summed E-state index contributed by atoms with van der Waals surface area (Å²) in [6.45, 7) is -0.305. The van der Waals surface area contributed by atoms with Crippen molar-refractivity contribution in [3.63, 3.8) is 0 Å². The van der Waals surface area contributed by atoms with Gasteiger partial charge in [-0.3, -0.25) is 3.63 Å². The molecule has 3 rings (SSSR count). The third-order valence-electron chi connectivity index (χ3n) is 4.54. The summed E-state index contributed by atoms with van der Waals surface area (Å²) in [6, 6.07) is 25.2. The van der Waals surface area contributed by atoms with Gasteiger partial charge in [0.15, 0.2) is 0 Å². The zero-order valence-corrected chi connectivity index (χ0v) is 21.1. The molecule has 0 bridgehead atoms. The van der Waals surface area contributed by atoms with Gasteiger partial charge in [-0.25, -0.2) is 4.79 Å². The second-order valence-electron chi connectivity index (χ2n) is 6.76. The highest BCUT2D eigenvalue weighted by Gasteiger charge is 2.63. The van der Waals surface area contributed by atoms with Gasteiger partial charge in [-0.1, -0.05) is 77.2 Å². The van der Waals surface area contributed by atoms with Gasteiger partial charge >= 0.3 is 21.3 Å². The van der Waals surface area contributed by atoms with E-state index >= 15 is 0 Å². The van der Waals surface area contributed by atoms with Crippen molar-refractivity contribution in [1.82, 2.24) is 0 Å². The second-order valence-corrected chi connectivity index (χ2v) is 12.5. The largest absolute Gasteiger partial charge is 0.514 e. The van der Waals surface area contributed by atoms with Crippen molar-refractivity contribution in [2.24, 2.45) is 0 Å². The van der Waals surface area contributed by atoms with Crippen molar-refractivity contribution in [3.8, 4) is 0 Å². The SMILES string of the molecule is O=C(OCCCI)C(F)(F)S(=O)(=O)[OH+]S(c1ccccc1)(c1ccccc1)c1ccccc1. The number of carbonyl (C=O) groups excluding carboxylic acids is 1. The van der Waals surface area contributed by atoms with Crippen LogP contribution in [0, 0.1) is 0 Å². The van der Waals surface area contributed by atoms with Gasteiger partial charge < -0.3 is 4.74 Å². The molecule has 3 aromatic rings. The average molecular weight is 607 g/mol. The van der Waals surface area contributed by atoms with Crippen LogP contribution in [0.3, 0.4) is 0 Å². The zero-order valence-electron chi connectivity index (χ0n) is 17.3. The zero-order chi connectivity index (χ0) is 24.0. The standard InChI is InChI=1S/C23H21F2IO5S2/c24-23(25,22(27)30-18-10-17-26)33(28,29)31-32(19-11-4-1-5-12-19,20-13-6-2-7-14-20)21-15-8-3-9-16-21/h1-9,11-16H,10,17-18H2/p+1. The lowest BCUT2D eigenvalue weighted by Crippen LogP contribution is -2.42. The fourth-order valence-electron chi connectivity index (χ4n) is 2.99. The molecule has 0 aliphatic carbocycles. The van der Waals surface area contributed by atoms with E-state index in [0.29, 0.717) is 25.5 Å². The third kappa shape index (κ3) is 5.39. The van der Waals surface area contributed by atoms with Gasteiger partial charge in [-0.2, -0.15) is 8.78 Å². The van der Waals surface area contributed by atoms with Gasteiger partial charge in [0.05, 0.1) is 31.6 Å². The highest BCUT2D eigenvalue weighted by atomic mass is 127. The van der Waals surface area contributed by atoms with Crippen LogP contribution in [0.5, 0.6) is 0 Å². The number of halogens is 3. The van der Waals surface area contributed by atoms with Crippen LogP contribution in [0.2, 0.25) is 0 Å². The van der Waals surface area contributed by atoms with Crippen LogP contribution in [0.25, 0.3) is 0 Å². The molecule has 0 heterocycles. The molecule has 10 heteroatoms. The Balaban J connectivity index is 2.19. The summed E-state index contributed by atoms with van der Waals surface area (Å²) < 4.78 is 65.0. The number of hydrogen-bond acceptors (Lipinski definition) is 4. The average Bonchev–Trinajstić information content (AvgIpc) is 2.84. The summed E-state index contributed by atoms with van der Waals surface area (Å²) in [6.07, 6.45) is 0.326. The highest BCUT2D eigenvalue weighted by Crippen LogP contribution is 2.68. The lowest BCUT2D eigenvalue weighted by Gasteiger charge is -2.35. The fourth-order valence-corrected chi connectivity index (χ4v) is 8.63. The lowest BCUT2D eigenvalue weighted by molar-refractivity contribution is -0.161. The molecule has 0 aromatic heterocycles. The van der Waals surface area contributed by atoms with Gasteiger partial charge in [-0.15, -0.1) is 8.42 Å². The first-order chi connectivity index (χ1) is 15.8. The molecule has 33 heavy (non-hydrogen) atoms. The smallest absolute Gasteiger partial charge is 0.460 e. The molecule has 0 spiro atoms. The predicted molar refractivity (Wildman–Crippen MR) is 133 cm³/mol. The minimum atomic E-state index is -5.65. The Hall–Kier alpha value is -2.02. The van der Waals surface area contributed by atoms with Gasteiger partial charge in [0.25, 0.3) is 0 Å². The van der Waals surface area contributed by atoms with Gasteiger partial charge in [-0.05, 0) is 42.8 Å². The van der Waals surface area contributed by atoms with Gasteiger partial charge in [0.2, 0.25) is 0 Å². The van der Waals surface area contributed by atoms with E-state index in [2.05, 4.69) is 8.37 Å². The summed E-state index contributed by atoms with van der Waals surface area (Å²) in [4.78, 5) is 13.4. The van der Waals surface area contributed by atoms with E-state index in [-0.39, 0.29) is 6.61 Å². The Morgan fingerprint density at radius 3 is 1.58 bits per heavy atom. The molecule has 0 unspecified atom stereocenters. The number of esters is 1. The summed E-state index contributed by atoms with van der Waals surface area (Å²) in [7, 11) is -8.73. The molecular weight excluding hydrogens is 585 g/mol. The normalized spacial score (nSPS) is 12.8. The van der Waals surface area contributed by atoms with Crippen molar-refractivity contribution in [2.45, 2.75) is 26.4 Å². The molecule has 0 atom stereocenters. The highest BCUT2D eigenvalue weighted by molar-refractivity contribution is 14.1. The Bertz CT molecular complexity index is 1060. The summed E-state index contributed by atoms with van der Waals surface area (Å²) in [5.74, 6) is -2.13. The monoisotopic (exact) mass is 607 g/mol. The van der Waals surface area contributed by atoms with Crippen LogP contribution >= 0.6 is 32.9 Å². The molecule has 5 nitrogen and oxygen atoms in total. The maximum Gasteiger partial charge on any atom is 0.514 e. The molecule has 0 saturated carbocycles. The topological polar surface area (TPSA) is 73.2 Å². The number of alkyl halides is 3. The van der Waals surface area contributed by atoms with E-state index in [9.17, 15) is 22.0 Å². The number of hydrogen-bond donors (Lipinski definition) is 0. The quantitative estimate of drug-likeness (QED) is 0.0681. The van der Waals surface area contributed by atoms with E-state index in [1.807, 2.05) is 22.6 Å². The van der Waals surface area contributed by atoms with E-state index in [4.69, 9.17) is 0 Å². The van der Waals surface area contributed by atoms with Crippen LogP contribution in [-0.4, -0.2) is 34.3 Å². The van der Waals surface area contributed by atoms with Crippen molar-refractivity contribution in [3.05, 3.63) is 91.0 Å². The Morgan fingerprint density at radius 1 is 0.818 bits per heavy atom. The first kappa shape index (κ1) is 25.6. The third-order valence-corrected chi connectivity index (χ3v) is 10.7. The molecule has 1 N–H and O–H groups in total. The van der Waals surface area contributed by atoms with Crippen LogP contribution in [0.1, 0.15) is 6.42 Å². The van der Waals surface area contributed by atoms with Gasteiger partial charge in [0, 0.05) is 4.43 Å². The van der Waals surface area contributed by atoms with Crippen LogP contribution in [0.4, 0.5) is 8.78 Å². The Kier molecular flexibility index (Phi) is 8.48. The number of carbonyl (C=O) groups is 1. The van der Waals surface area contributed by atoms with Crippen molar-refractivity contribution in [1.29, 1.82) is 0 Å². The Morgan fingerprint density at radius 2 is 1.21 bits per heavy atom. The van der Waals surface area contributed by atoms with Crippen LogP contribution in [-0.2, 0) is 19.6 Å². The van der Waals surface area contributed by atoms with E-state index in [0.717, 1.165) is 0 Å².